The monoisotopic (exact) mass is 511 g/mol. The maximum Gasteiger partial charge on any atom is 0.235 e. The number of nitrogens with zero attached hydrogens (tertiary/aromatic N) is 5. The molecule has 4 atom stereocenters. The molecule has 1 N–H and O–H groups in total. The van der Waals surface area contributed by atoms with Crippen molar-refractivity contribution in [3.8, 4) is 0 Å². The van der Waals surface area contributed by atoms with E-state index < -0.39 is 11.5 Å². The Balaban J connectivity index is 1.21. The van der Waals surface area contributed by atoms with Crippen molar-refractivity contribution in [1.29, 1.82) is 0 Å². The fraction of sp³-hybridized carbons (Fsp3) is 0.593. The first-order chi connectivity index (χ1) is 17.5. The van der Waals surface area contributed by atoms with Gasteiger partial charge in [0.1, 0.15) is 12.1 Å². The maximum atomic E-state index is 14.2. The van der Waals surface area contributed by atoms with Gasteiger partial charge in [0.25, 0.3) is 0 Å². The van der Waals surface area contributed by atoms with Gasteiger partial charge < -0.3 is 19.6 Å². The lowest BCUT2D eigenvalue weighted by Crippen LogP contribution is -2.53. The van der Waals surface area contributed by atoms with Crippen molar-refractivity contribution >= 4 is 23.3 Å². The standard InChI is InChI=1S/C27H34ClN5O3/c1-18-15-21(34)24-23(18)25(30-17-29-24)32-8-10-33(11-9-32)26(35)27(19-3-5-20(28)6-4-19)16-22(27)31-7-2-13-36-14-12-31/h3-6,17-18,21-22,34H,2,7-16H2,1H3/t18-,21-,22?,27?/m1/s1. The SMILES string of the molecule is C[C@@H]1C[C@@H](O)c2ncnc(N3CCN(C(=O)C4(c5ccc(Cl)cc5)CC4N4CCCOCC4)CC3)c21. The third-order valence-corrected chi connectivity index (χ3v) is 8.76. The van der Waals surface area contributed by atoms with Crippen LogP contribution >= 0.6 is 11.6 Å². The maximum absolute atomic E-state index is 14.2. The van der Waals surface area contributed by atoms with E-state index in [1.54, 1.807) is 6.33 Å². The van der Waals surface area contributed by atoms with Crippen LogP contribution in [0.5, 0.6) is 0 Å². The van der Waals surface area contributed by atoms with E-state index in [1.807, 2.05) is 29.2 Å². The zero-order valence-electron chi connectivity index (χ0n) is 20.8. The molecule has 9 heteroatoms. The van der Waals surface area contributed by atoms with Crippen LogP contribution in [-0.2, 0) is 14.9 Å². The molecular formula is C27H34ClN5O3. The first-order valence-corrected chi connectivity index (χ1v) is 13.5. The summed E-state index contributed by atoms with van der Waals surface area (Å²) in [7, 11) is 0. The summed E-state index contributed by atoms with van der Waals surface area (Å²) in [5, 5.41) is 11.1. The summed E-state index contributed by atoms with van der Waals surface area (Å²) in [6, 6.07) is 8.05. The number of aromatic nitrogens is 2. The molecule has 6 rings (SSSR count). The summed E-state index contributed by atoms with van der Waals surface area (Å²) in [5.41, 5.74) is 2.36. The lowest BCUT2D eigenvalue weighted by atomic mass is 9.92. The molecule has 1 amide bonds. The molecule has 2 aliphatic heterocycles. The molecule has 0 radical (unpaired) electrons. The van der Waals surface area contributed by atoms with Crippen molar-refractivity contribution in [3.63, 3.8) is 0 Å². The molecule has 1 aromatic heterocycles. The minimum Gasteiger partial charge on any atom is -0.387 e. The van der Waals surface area contributed by atoms with Gasteiger partial charge in [0.05, 0.1) is 23.8 Å². The molecular weight excluding hydrogens is 478 g/mol. The summed E-state index contributed by atoms with van der Waals surface area (Å²) in [5.74, 6) is 1.36. The van der Waals surface area contributed by atoms with Crippen LogP contribution in [0.3, 0.4) is 0 Å². The summed E-state index contributed by atoms with van der Waals surface area (Å²) >= 11 is 6.20. The predicted molar refractivity (Wildman–Crippen MR) is 137 cm³/mol. The van der Waals surface area contributed by atoms with Crippen molar-refractivity contribution in [1.82, 2.24) is 19.8 Å². The normalized spacial score (nSPS) is 30.7. The van der Waals surface area contributed by atoms with Crippen molar-refractivity contribution in [2.24, 2.45) is 0 Å². The number of aliphatic hydroxyl groups is 1. The highest BCUT2D eigenvalue weighted by atomic mass is 35.5. The van der Waals surface area contributed by atoms with E-state index in [0.29, 0.717) is 24.5 Å². The van der Waals surface area contributed by atoms with Crippen LogP contribution in [0.25, 0.3) is 0 Å². The van der Waals surface area contributed by atoms with E-state index in [1.165, 1.54) is 0 Å². The Kier molecular flexibility index (Phi) is 6.40. The van der Waals surface area contributed by atoms with Gasteiger partial charge in [-0.15, -0.1) is 0 Å². The number of carbonyl (C=O) groups excluding carboxylic acids is 1. The molecule has 2 aromatic rings. The van der Waals surface area contributed by atoms with Gasteiger partial charge >= 0.3 is 0 Å². The van der Waals surface area contributed by atoms with Gasteiger partial charge in [0, 0.05) is 62.5 Å². The number of hydrogen-bond acceptors (Lipinski definition) is 7. The van der Waals surface area contributed by atoms with Crippen LogP contribution in [0, 0.1) is 0 Å². The van der Waals surface area contributed by atoms with Crippen LogP contribution in [0.4, 0.5) is 5.82 Å². The number of anilines is 1. The minimum atomic E-state index is -0.522. The largest absolute Gasteiger partial charge is 0.387 e. The van der Waals surface area contributed by atoms with Crippen LogP contribution in [0.1, 0.15) is 55.0 Å². The number of piperazine rings is 1. The van der Waals surface area contributed by atoms with E-state index in [-0.39, 0.29) is 17.9 Å². The zero-order valence-corrected chi connectivity index (χ0v) is 21.5. The number of amides is 1. The predicted octanol–water partition coefficient (Wildman–Crippen LogP) is 2.75. The molecule has 1 saturated carbocycles. The molecule has 3 heterocycles. The highest BCUT2D eigenvalue weighted by Crippen LogP contribution is 2.53. The molecule has 3 fully saturated rings. The first kappa shape index (κ1) is 24.1. The van der Waals surface area contributed by atoms with E-state index in [0.717, 1.165) is 74.9 Å². The van der Waals surface area contributed by atoms with Crippen LogP contribution in [0.15, 0.2) is 30.6 Å². The topological polar surface area (TPSA) is 82.0 Å². The van der Waals surface area contributed by atoms with Crippen LogP contribution < -0.4 is 4.90 Å². The third kappa shape index (κ3) is 4.08. The van der Waals surface area contributed by atoms with E-state index in [4.69, 9.17) is 16.3 Å². The molecule has 2 unspecified atom stereocenters. The van der Waals surface area contributed by atoms with Crippen molar-refractivity contribution in [2.45, 2.75) is 49.7 Å². The average Bonchev–Trinajstić information content (AvgIpc) is 3.64. The van der Waals surface area contributed by atoms with Gasteiger partial charge in [-0.2, -0.15) is 0 Å². The summed E-state index contributed by atoms with van der Waals surface area (Å²) in [6.07, 6.45) is 3.56. The van der Waals surface area contributed by atoms with Crippen LogP contribution in [0.2, 0.25) is 5.02 Å². The Bertz CT molecular complexity index is 1110. The Morgan fingerprint density at radius 1 is 1.08 bits per heavy atom. The summed E-state index contributed by atoms with van der Waals surface area (Å²) in [4.78, 5) is 29.9. The molecule has 4 aliphatic rings. The fourth-order valence-corrected chi connectivity index (χ4v) is 6.66. The highest BCUT2D eigenvalue weighted by Gasteiger charge is 2.64. The second-order valence-corrected chi connectivity index (χ2v) is 11.1. The number of carbonyl (C=O) groups is 1. The number of ether oxygens (including phenoxy) is 1. The van der Waals surface area contributed by atoms with Crippen molar-refractivity contribution in [2.75, 3.05) is 57.4 Å². The second-order valence-electron chi connectivity index (χ2n) is 10.6. The Labute approximate surface area is 217 Å². The van der Waals surface area contributed by atoms with E-state index in [9.17, 15) is 9.90 Å². The minimum absolute atomic E-state index is 0.193. The summed E-state index contributed by atoms with van der Waals surface area (Å²) in [6.45, 7) is 8.20. The Hall–Kier alpha value is -2.26. The smallest absolute Gasteiger partial charge is 0.235 e. The number of rotatable bonds is 4. The van der Waals surface area contributed by atoms with E-state index >= 15 is 0 Å². The third-order valence-electron chi connectivity index (χ3n) is 8.51. The van der Waals surface area contributed by atoms with Crippen molar-refractivity contribution < 1.29 is 14.6 Å². The number of aliphatic hydroxyl groups excluding tert-OH is 1. The average molecular weight is 512 g/mol. The van der Waals surface area contributed by atoms with Crippen molar-refractivity contribution in [3.05, 3.63) is 52.4 Å². The highest BCUT2D eigenvalue weighted by molar-refractivity contribution is 6.30. The molecule has 2 aliphatic carbocycles. The van der Waals surface area contributed by atoms with Crippen LogP contribution in [-0.4, -0.2) is 89.3 Å². The Morgan fingerprint density at radius 3 is 2.64 bits per heavy atom. The zero-order chi connectivity index (χ0) is 24.9. The van der Waals surface area contributed by atoms with Gasteiger partial charge in [-0.25, -0.2) is 9.97 Å². The van der Waals surface area contributed by atoms with Gasteiger partial charge in [-0.05, 0) is 42.9 Å². The van der Waals surface area contributed by atoms with Gasteiger partial charge in [0.2, 0.25) is 5.91 Å². The molecule has 192 valence electrons. The van der Waals surface area contributed by atoms with Gasteiger partial charge in [-0.3, -0.25) is 9.69 Å². The molecule has 8 nitrogen and oxygen atoms in total. The number of halogens is 1. The summed E-state index contributed by atoms with van der Waals surface area (Å²) < 4.78 is 5.68. The first-order valence-electron chi connectivity index (χ1n) is 13.1. The number of hydrogen-bond donors (Lipinski definition) is 1. The second kappa shape index (κ2) is 9.56. The Morgan fingerprint density at radius 2 is 1.86 bits per heavy atom. The lowest BCUT2D eigenvalue weighted by Gasteiger charge is -2.38. The number of fused-ring (bicyclic) bond motifs is 1. The lowest BCUT2D eigenvalue weighted by molar-refractivity contribution is -0.134. The molecule has 0 bridgehead atoms. The number of benzene rings is 1. The molecule has 0 spiro atoms. The molecule has 36 heavy (non-hydrogen) atoms. The van der Waals surface area contributed by atoms with Gasteiger partial charge in [0.15, 0.2) is 0 Å². The van der Waals surface area contributed by atoms with E-state index in [2.05, 4.69) is 26.7 Å². The van der Waals surface area contributed by atoms with Gasteiger partial charge in [-0.1, -0.05) is 30.7 Å². The molecule has 1 aromatic carbocycles. The quantitative estimate of drug-likeness (QED) is 0.676. The fourth-order valence-electron chi connectivity index (χ4n) is 6.53. The molecule has 2 saturated heterocycles.